The minimum absolute atomic E-state index is 0.0864. The van der Waals surface area contributed by atoms with E-state index in [4.69, 9.17) is 0 Å². The highest BCUT2D eigenvalue weighted by atomic mass is 19.2. The number of anilines is 1. The lowest BCUT2D eigenvalue weighted by Gasteiger charge is -2.22. The van der Waals surface area contributed by atoms with Crippen LogP contribution in [0.25, 0.3) is 0 Å². The van der Waals surface area contributed by atoms with E-state index in [-0.39, 0.29) is 5.56 Å². The molecule has 0 aliphatic carbocycles. The van der Waals surface area contributed by atoms with E-state index in [0.29, 0.717) is 5.69 Å². The Balaban J connectivity index is 1.76. The van der Waals surface area contributed by atoms with Gasteiger partial charge in [0, 0.05) is 5.69 Å². The van der Waals surface area contributed by atoms with Crippen LogP contribution in [0.1, 0.15) is 25.0 Å². The standard InChI is InChI=1S/C20H19F2N3O3/c1-3-12-5-4-6-14(9-12)23-17(26)11-25-18(27)20(2,24-19(25)28)13-7-8-15(21)16(22)10-13/h4-10H,3,11H2,1-2H3,(H,23,26)(H,24,28). The van der Waals surface area contributed by atoms with Crippen molar-refractivity contribution in [3.63, 3.8) is 0 Å². The van der Waals surface area contributed by atoms with Gasteiger partial charge in [0.25, 0.3) is 5.91 Å². The number of hydrogen-bond donors (Lipinski definition) is 2. The highest BCUT2D eigenvalue weighted by molar-refractivity contribution is 6.10. The lowest BCUT2D eigenvalue weighted by Crippen LogP contribution is -2.42. The van der Waals surface area contributed by atoms with Gasteiger partial charge in [-0.05, 0) is 48.7 Å². The maximum Gasteiger partial charge on any atom is 0.325 e. The van der Waals surface area contributed by atoms with Gasteiger partial charge in [-0.15, -0.1) is 0 Å². The Morgan fingerprint density at radius 1 is 1.14 bits per heavy atom. The number of aryl methyl sites for hydroxylation is 1. The number of imide groups is 1. The molecule has 1 fully saturated rings. The number of nitrogens with zero attached hydrogens (tertiary/aromatic N) is 1. The lowest BCUT2D eigenvalue weighted by atomic mass is 9.92. The summed E-state index contributed by atoms with van der Waals surface area (Å²) in [4.78, 5) is 38.1. The van der Waals surface area contributed by atoms with Crippen molar-refractivity contribution in [2.75, 3.05) is 11.9 Å². The van der Waals surface area contributed by atoms with Crippen LogP contribution < -0.4 is 10.6 Å². The molecule has 2 aromatic rings. The van der Waals surface area contributed by atoms with Gasteiger partial charge in [0.05, 0.1) is 0 Å². The Kier molecular flexibility index (Phi) is 5.13. The average molecular weight is 387 g/mol. The third-order valence-electron chi connectivity index (χ3n) is 4.69. The second kappa shape index (κ2) is 7.38. The summed E-state index contributed by atoms with van der Waals surface area (Å²) in [6.45, 7) is 2.86. The number of urea groups is 1. The van der Waals surface area contributed by atoms with Gasteiger partial charge in [-0.1, -0.05) is 25.1 Å². The van der Waals surface area contributed by atoms with Crippen molar-refractivity contribution in [1.29, 1.82) is 0 Å². The van der Waals surface area contributed by atoms with Gasteiger partial charge in [-0.3, -0.25) is 14.5 Å². The summed E-state index contributed by atoms with van der Waals surface area (Å²) in [6.07, 6.45) is 0.795. The van der Waals surface area contributed by atoms with E-state index in [9.17, 15) is 23.2 Å². The summed E-state index contributed by atoms with van der Waals surface area (Å²) in [6, 6.07) is 9.39. The molecule has 28 heavy (non-hydrogen) atoms. The minimum atomic E-state index is -1.59. The van der Waals surface area contributed by atoms with Crippen LogP contribution in [0.2, 0.25) is 0 Å². The Bertz CT molecular complexity index is 963. The fourth-order valence-corrected chi connectivity index (χ4v) is 3.06. The van der Waals surface area contributed by atoms with E-state index in [1.165, 1.54) is 13.0 Å². The van der Waals surface area contributed by atoms with Crippen LogP contribution in [0.4, 0.5) is 19.3 Å². The third-order valence-corrected chi connectivity index (χ3v) is 4.69. The van der Waals surface area contributed by atoms with E-state index in [1.54, 1.807) is 18.2 Å². The smallest absolute Gasteiger partial charge is 0.325 e. The van der Waals surface area contributed by atoms with Crippen LogP contribution in [-0.2, 0) is 21.5 Å². The molecule has 3 rings (SSSR count). The van der Waals surface area contributed by atoms with Crippen molar-refractivity contribution >= 4 is 23.5 Å². The zero-order valence-electron chi connectivity index (χ0n) is 15.4. The first-order valence-corrected chi connectivity index (χ1v) is 8.73. The molecule has 0 radical (unpaired) electrons. The number of halogens is 2. The van der Waals surface area contributed by atoms with Crippen LogP contribution in [0.3, 0.4) is 0 Å². The molecule has 0 bridgehead atoms. The molecule has 1 aliphatic rings. The van der Waals surface area contributed by atoms with Gasteiger partial charge in [0.1, 0.15) is 12.1 Å². The zero-order valence-corrected chi connectivity index (χ0v) is 15.4. The summed E-state index contributed by atoms with van der Waals surface area (Å²) in [5, 5.41) is 5.09. The fourth-order valence-electron chi connectivity index (χ4n) is 3.06. The first-order chi connectivity index (χ1) is 13.2. The summed E-state index contributed by atoms with van der Waals surface area (Å²) < 4.78 is 26.7. The zero-order chi connectivity index (χ0) is 20.5. The van der Waals surface area contributed by atoms with Gasteiger partial charge < -0.3 is 10.6 Å². The van der Waals surface area contributed by atoms with E-state index in [2.05, 4.69) is 10.6 Å². The Morgan fingerprint density at radius 3 is 2.57 bits per heavy atom. The number of nitrogens with one attached hydrogen (secondary N) is 2. The molecule has 4 amide bonds. The van der Waals surface area contributed by atoms with E-state index in [1.807, 2.05) is 13.0 Å². The number of rotatable bonds is 5. The van der Waals surface area contributed by atoms with Crippen molar-refractivity contribution in [2.45, 2.75) is 25.8 Å². The van der Waals surface area contributed by atoms with Gasteiger partial charge in [-0.25, -0.2) is 13.6 Å². The largest absolute Gasteiger partial charge is 0.325 e. The quantitative estimate of drug-likeness (QED) is 0.775. The molecule has 2 N–H and O–H groups in total. The molecule has 146 valence electrons. The van der Waals surface area contributed by atoms with Gasteiger partial charge in [-0.2, -0.15) is 0 Å². The fraction of sp³-hybridized carbons (Fsp3) is 0.250. The second-order valence-electron chi connectivity index (χ2n) is 6.68. The average Bonchev–Trinajstić information content (AvgIpc) is 2.88. The van der Waals surface area contributed by atoms with Crippen LogP contribution in [0.15, 0.2) is 42.5 Å². The molecule has 1 aliphatic heterocycles. The summed E-state index contributed by atoms with van der Waals surface area (Å²) in [7, 11) is 0. The molecule has 0 saturated carbocycles. The SMILES string of the molecule is CCc1cccc(NC(=O)CN2C(=O)NC(C)(c3ccc(F)c(F)c3)C2=O)c1. The van der Waals surface area contributed by atoms with E-state index >= 15 is 0 Å². The highest BCUT2D eigenvalue weighted by Crippen LogP contribution is 2.29. The second-order valence-corrected chi connectivity index (χ2v) is 6.68. The molecule has 8 heteroatoms. The van der Waals surface area contributed by atoms with Crippen LogP contribution >= 0.6 is 0 Å². The van der Waals surface area contributed by atoms with Gasteiger partial charge >= 0.3 is 6.03 Å². The van der Waals surface area contributed by atoms with Crippen molar-refractivity contribution in [2.24, 2.45) is 0 Å². The Labute approximate surface area is 160 Å². The number of hydrogen-bond acceptors (Lipinski definition) is 3. The number of carbonyl (C=O) groups is 3. The van der Waals surface area contributed by atoms with E-state index < -0.39 is 41.6 Å². The van der Waals surface area contributed by atoms with Crippen molar-refractivity contribution in [3.05, 3.63) is 65.2 Å². The summed E-state index contributed by atoms with van der Waals surface area (Å²) >= 11 is 0. The molecule has 1 heterocycles. The molecule has 0 spiro atoms. The molecular formula is C20H19F2N3O3. The van der Waals surface area contributed by atoms with Crippen molar-refractivity contribution in [3.8, 4) is 0 Å². The van der Waals surface area contributed by atoms with Gasteiger partial charge in [0.2, 0.25) is 5.91 Å². The summed E-state index contributed by atoms with van der Waals surface area (Å²) in [5.41, 5.74) is 0.0791. The topological polar surface area (TPSA) is 78.5 Å². The molecule has 1 atom stereocenters. The number of benzene rings is 2. The third kappa shape index (κ3) is 3.58. The number of amides is 4. The van der Waals surface area contributed by atoms with Crippen LogP contribution in [-0.4, -0.2) is 29.3 Å². The molecule has 0 aromatic heterocycles. The monoisotopic (exact) mass is 387 g/mol. The maximum atomic E-state index is 13.6. The van der Waals surface area contributed by atoms with Crippen LogP contribution in [0, 0.1) is 11.6 Å². The molecule has 6 nitrogen and oxygen atoms in total. The maximum absolute atomic E-state index is 13.6. The van der Waals surface area contributed by atoms with Crippen LogP contribution in [0.5, 0.6) is 0 Å². The molecule has 2 aromatic carbocycles. The normalized spacial score (nSPS) is 18.9. The summed E-state index contributed by atoms with van der Waals surface area (Å²) in [5.74, 6) is -3.46. The first kappa shape index (κ1) is 19.5. The number of carbonyl (C=O) groups excluding carboxylic acids is 3. The highest BCUT2D eigenvalue weighted by Gasteiger charge is 2.49. The van der Waals surface area contributed by atoms with E-state index in [0.717, 1.165) is 29.0 Å². The lowest BCUT2D eigenvalue weighted by molar-refractivity contribution is -0.133. The predicted molar refractivity (Wildman–Crippen MR) is 98.4 cm³/mol. The predicted octanol–water partition coefficient (Wildman–Crippen LogP) is 2.93. The minimum Gasteiger partial charge on any atom is -0.325 e. The van der Waals surface area contributed by atoms with Crippen molar-refractivity contribution in [1.82, 2.24) is 10.2 Å². The van der Waals surface area contributed by atoms with Gasteiger partial charge in [0.15, 0.2) is 11.6 Å². The Morgan fingerprint density at radius 2 is 1.89 bits per heavy atom. The Hall–Kier alpha value is -3.29. The molecule has 1 saturated heterocycles. The molecule has 1 unspecified atom stereocenters. The van der Waals surface area contributed by atoms with Crippen molar-refractivity contribution < 1.29 is 23.2 Å². The first-order valence-electron chi connectivity index (χ1n) is 8.73. The molecular weight excluding hydrogens is 368 g/mol.